The molecule has 106 valence electrons. The summed E-state index contributed by atoms with van der Waals surface area (Å²) in [5.74, 6) is -1.42. The van der Waals surface area contributed by atoms with Crippen LogP contribution >= 0.6 is 11.8 Å². The summed E-state index contributed by atoms with van der Waals surface area (Å²) < 4.78 is 37.5. The van der Waals surface area contributed by atoms with Gasteiger partial charge in [-0.2, -0.15) is 13.2 Å². The Labute approximate surface area is 112 Å². The summed E-state index contributed by atoms with van der Waals surface area (Å²) in [5.41, 5.74) is -1.41. The molecule has 0 radical (unpaired) electrons. The van der Waals surface area contributed by atoms with Gasteiger partial charge in [0, 0.05) is 10.1 Å². The van der Waals surface area contributed by atoms with Gasteiger partial charge < -0.3 is 10.2 Å². The molecule has 1 aromatic carbocycles. The van der Waals surface area contributed by atoms with Gasteiger partial charge in [0.1, 0.15) is 0 Å². The highest BCUT2D eigenvalue weighted by Crippen LogP contribution is 2.34. The molecule has 1 rings (SSSR count). The first kappa shape index (κ1) is 15.8. The van der Waals surface area contributed by atoms with Gasteiger partial charge in [-0.1, -0.05) is 6.92 Å². The lowest BCUT2D eigenvalue weighted by atomic mass is 10.1. The Bertz CT molecular complexity index is 472. The van der Waals surface area contributed by atoms with Crippen LogP contribution in [0.1, 0.15) is 29.8 Å². The molecule has 0 aliphatic heterocycles. The Morgan fingerprint density at radius 2 is 1.89 bits per heavy atom. The molecule has 0 amide bonds. The van der Waals surface area contributed by atoms with Crippen molar-refractivity contribution in [3.05, 3.63) is 29.3 Å². The van der Waals surface area contributed by atoms with E-state index in [0.717, 1.165) is 23.9 Å². The lowest BCUT2D eigenvalue weighted by Gasteiger charge is -2.16. The fourth-order valence-corrected chi connectivity index (χ4v) is 2.29. The molecular weight excluding hydrogens is 281 g/mol. The minimum atomic E-state index is -4.58. The first-order valence-corrected chi connectivity index (χ1v) is 6.30. The molecule has 0 aliphatic carbocycles. The predicted molar refractivity (Wildman–Crippen MR) is 65.4 cm³/mol. The highest BCUT2D eigenvalue weighted by atomic mass is 32.2. The number of carboxylic acid groups (broad SMARTS) is 1. The summed E-state index contributed by atoms with van der Waals surface area (Å²) >= 11 is 1.03. The van der Waals surface area contributed by atoms with Crippen molar-refractivity contribution < 1.29 is 28.2 Å². The number of rotatable bonds is 4. The second-order valence-electron chi connectivity index (χ2n) is 4.08. The van der Waals surface area contributed by atoms with Crippen LogP contribution in [0.4, 0.5) is 13.2 Å². The second-order valence-corrected chi connectivity index (χ2v) is 5.50. The van der Waals surface area contributed by atoms with E-state index in [1.165, 1.54) is 6.92 Å². The quantitative estimate of drug-likeness (QED) is 0.837. The van der Waals surface area contributed by atoms with Crippen molar-refractivity contribution in [2.24, 2.45) is 0 Å². The van der Waals surface area contributed by atoms with Gasteiger partial charge in [-0.3, -0.25) is 0 Å². The minimum absolute atomic E-state index is 0.203. The van der Waals surface area contributed by atoms with Gasteiger partial charge in [0.25, 0.3) is 0 Å². The number of benzene rings is 1. The van der Waals surface area contributed by atoms with Crippen molar-refractivity contribution in [1.29, 1.82) is 0 Å². The standard InChI is InChI=1S/C12H13F3O3S/c1-6(16)7(2)19-10-4-3-8(12(13,14)15)5-9(10)11(17)18/h3-7,16H,1-2H3,(H,17,18). The second kappa shape index (κ2) is 5.83. The summed E-state index contributed by atoms with van der Waals surface area (Å²) in [6, 6.07) is 2.57. The number of halogens is 3. The summed E-state index contributed by atoms with van der Waals surface area (Å²) in [6.45, 7) is 3.20. The van der Waals surface area contributed by atoms with Crippen molar-refractivity contribution in [1.82, 2.24) is 0 Å². The van der Waals surface area contributed by atoms with E-state index >= 15 is 0 Å². The number of aliphatic hydroxyl groups is 1. The average molecular weight is 294 g/mol. The van der Waals surface area contributed by atoms with Crippen LogP contribution in [-0.4, -0.2) is 27.5 Å². The number of thioether (sulfide) groups is 1. The molecule has 7 heteroatoms. The Balaban J connectivity index is 3.16. The van der Waals surface area contributed by atoms with E-state index in [0.29, 0.717) is 6.07 Å². The Hall–Kier alpha value is -1.21. The Kier molecular flexibility index (Phi) is 4.86. The topological polar surface area (TPSA) is 57.5 Å². The van der Waals surface area contributed by atoms with Gasteiger partial charge in [-0.25, -0.2) is 4.79 Å². The molecule has 0 aliphatic rings. The highest BCUT2D eigenvalue weighted by molar-refractivity contribution is 8.00. The van der Waals surface area contributed by atoms with E-state index in [4.69, 9.17) is 5.11 Å². The molecule has 1 aromatic rings. The molecule has 0 saturated heterocycles. The van der Waals surface area contributed by atoms with Gasteiger partial charge in [-0.15, -0.1) is 11.8 Å². The fourth-order valence-electron chi connectivity index (χ4n) is 1.27. The molecule has 2 atom stereocenters. The van der Waals surface area contributed by atoms with Crippen molar-refractivity contribution in [2.75, 3.05) is 0 Å². The molecule has 19 heavy (non-hydrogen) atoms. The van der Waals surface area contributed by atoms with Crippen LogP contribution in [0.25, 0.3) is 0 Å². The maximum absolute atomic E-state index is 12.5. The fraction of sp³-hybridized carbons (Fsp3) is 0.417. The van der Waals surface area contributed by atoms with Gasteiger partial charge >= 0.3 is 12.1 Å². The highest BCUT2D eigenvalue weighted by Gasteiger charge is 2.32. The van der Waals surface area contributed by atoms with Crippen LogP contribution in [0.5, 0.6) is 0 Å². The third kappa shape index (κ3) is 4.14. The third-order valence-electron chi connectivity index (χ3n) is 2.53. The van der Waals surface area contributed by atoms with Crippen molar-refractivity contribution in [3.8, 4) is 0 Å². The zero-order valence-corrected chi connectivity index (χ0v) is 11.0. The van der Waals surface area contributed by atoms with Crippen LogP contribution < -0.4 is 0 Å². The van der Waals surface area contributed by atoms with E-state index < -0.39 is 29.4 Å². The van der Waals surface area contributed by atoms with E-state index in [2.05, 4.69) is 0 Å². The number of aromatic carboxylic acids is 1. The molecule has 0 heterocycles. The first-order valence-electron chi connectivity index (χ1n) is 5.42. The Morgan fingerprint density at radius 1 is 1.32 bits per heavy atom. The molecule has 0 saturated carbocycles. The molecule has 0 bridgehead atoms. The van der Waals surface area contributed by atoms with Crippen LogP contribution in [-0.2, 0) is 6.18 Å². The summed E-state index contributed by atoms with van der Waals surface area (Å²) in [6.07, 6.45) is -5.28. The molecular formula is C12H13F3O3S. The van der Waals surface area contributed by atoms with E-state index in [-0.39, 0.29) is 10.1 Å². The zero-order valence-electron chi connectivity index (χ0n) is 10.2. The maximum atomic E-state index is 12.5. The van der Waals surface area contributed by atoms with Gasteiger partial charge in [0.2, 0.25) is 0 Å². The van der Waals surface area contributed by atoms with Crippen LogP contribution in [0, 0.1) is 0 Å². The first-order chi connectivity index (χ1) is 8.62. The van der Waals surface area contributed by atoms with E-state index in [1.807, 2.05) is 0 Å². The number of carbonyl (C=O) groups is 1. The number of hydrogen-bond acceptors (Lipinski definition) is 3. The van der Waals surface area contributed by atoms with Gasteiger partial charge in [0.05, 0.1) is 17.2 Å². The number of aliphatic hydroxyl groups excluding tert-OH is 1. The SMILES string of the molecule is CC(O)C(C)Sc1ccc(C(F)(F)F)cc1C(=O)O. The van der Waals surface area contributed by atoms with Gasteiger partial charge in [-0.05, 0) is 25.1 Å². The summed E-state index contributed by atoms with van der Waals surface area (Å²) in [4.78, 5) is 11.2. The van der Waals surface area contributed by atoms with Crippen LogP contribution in [0.15, 0.2) is 23.1 Å². The van der Waals surface area contributed by atoms with E-state index in [9.17, 15) is 23.1 Å². The van der Waals surface area contributed by atoms with Crippen LogP contribution in [0.3, 0.4) is 0 Å². The van der Waals surface area contributed by atoms with Crippen LogP contribution in [0.2, 0.25) is 0 Å². The lowest BCUT2D eigenvalue weighted by Crippen LogP contribution is -2.16. The summed E-state index contributed by atoms with van der Waals surface area (Å²) in [5, 5.41) is 18.0. The van der Waals surface area contributed by atoms with Crippen molar-refractivity contribution in [3.63, 3.8) is 0 Å². The third-order valence-corrected chi connectivity index (χ3v) is 3.91. The zero-order chi connectivity index (χ0) is 14.8. The smallest absolute Gasteiger partial charge is 0.416 e. The number of carboxylic acids is 1. The minimum Gasteiger partial charge on any atom is -0.478 e. The van der Waals surface area contributed by atoms with E-state index in [1.54, 1.807) is 6.92 Å². The molecule has 0 spiro atoms. The Morgan fingerprint density at radius 3 is 2.32 bits per heavy atom. The lowest BCUT2D eigenvalue weighted by molar-refractivity contribution is -0.137. The van der Waals surface area contributed by atoms with Gasteiger partial charge in [0.15, 0.2) is 0 Å². The average Bonchev–Trinajstić information content (AvgIpc) is 2.27. The number of hydrogen-bond donors (Lipinski definition) is 2. The molecule has 0 aromatic heterocycles. The molecule has 3 nitrogen and oxygen atoms in total. The maximum Gasteiger partial charge on any atom is 0.416 e. The monoisotopic (exact) mass is 294 g/mol. The molecule has 2 unspecified atom stereocenters. The molecule has 0 fully saturated rings. The largest absolute Gasteiger partial charge is 0.478 e. The van der Waals surface area contributed by atoms with Crippen molar-refractivity contribution >= 4 is 17.7 Å². The van der Waals surface area contributed by atoms with Crippen molar-refractivity contribution in [2.45, 2.75) is 36.3 Å². The predicted octanol–water partition coefficient (Wildman–Crippen LogP) is 3.27. The normalized spacial score (nSPS) is 15.1. The molecule has 2 N–H and O–H groups in total. The number of alkyl halides is 3. The summed E-state index contributed by atoms with van der Waals surface area (Å²) in [7, 11) is 0.